The number of benzene rings is 1. The Kier molecular flexibility index (Phi) is 5.13. The van der Waals surface area contributed by atoms with Crippen molar-refractivity contribution in [2.45, 2.75) is 31.3 Å². The van der Waals surface area contributed by atoms with Crippen LogP contribution < -0.4 is 9.62 Å². The maximum Gasteiger partial charge on any atom is 0.281 e. The molecule has 1 fully saturated rings. The monoisotopic (exact) mass is 450 g/mol. The number of aryl methyl sites for hydroxylation is 2. The van der Waals surface area contributed by atoms with Crippen LogP contribution in [0.3, 0.4) is 0 Å². The van der Waals surface area contributed by atoms with Crippen LogP contribution in [0.5, 0.6) is 0 Å². The Hall–Kier alpha value is -3.33. The van der Waals surface area contributed by atoms with Crippen molar-refractivity contribution in [2.75, 3.05) is 22.7 Å². The van der Waals surface area contributed by atoms with Crippen molar-refractivity contribution >= 4 is 32.4 Å². The van der Waals surface area contributed by atoms with Gasteiger partial charge in [0.1, 0.15) is 5.65 Å². The highest BCUT2D eigenvalue weighted by Gasteiger charge is 2.22. The first-order chi connectivity index (χ1) is 15.5. The molecule has 4 aromatic rings. The van der Waals surface area contributed by atoms with Gasteiger partial charge in [0, 0.05) is 56.5 Å². The molecule has 1 N–H and O–H groups in total. The summed E-state index contributed by atoms with van der Waals surface area (Å²) in [5, 5.41) is 4.82. The van der Waals surface area contributed by atoms with E-state index in [1.54, 1.807) is 25.5 Å². The van der Waals surface area contributed by atoms with Gasteiger partial charge in [0.2, 0.25) is 0 Å². The first-order valence-corrected chi connectivity index (χ1v) is 12.3. The summed E-state index contributed by atoms with van der Waals surface area (Å²) in [6.07, 6.45) is 7.72. The Labute approximate surface area is 187 Å². The summed E-state index contributed by atoms with van der Waals surface area (Å²) >= 11 is 0. The lowest BCUT2D eigenvalue weighted by Gasteiger charge is -2.18. The molecule has 0 aliphatic carbocycles. The minimum atomic E-state index is -3.83. The fourth-order valence-electron chi connectivity index (χ4n) is 4.34. The second-order valence-corrected chi connectivity index (χ2v) is 9.69. The summed E-state index contributed by atoms with van der Waals surface area (Å²) < 4.78 is 32.2. The van der Waals surface area contributed by atoms with Crippen molar-refractivity contribution < 1.29 is 8.42 Å². The molecule has 166 valence electrons. The Balaban J connectivity index is 1.64. The van der Waals surface area contributed by atoms with E-state index in [0.29, 0.717) is 5.69 Å². The topological polar surface area (TPSA) is 85.0 Å². The van der Waals surface area contributed by atoms with Gasteiger partial charge >= 0.3 is 0 Å². The van der Waals surface area contributed by atoms with Crippen LogP contribution in [0.2, 0.25) is 0 Å². The number of rotatable bonds is 6. The van der Waals surface area contributed by atoms with E-state index in [4.69, 9.17) is 0 Å². The van der Waals surface area contributed by atoms with Gasteiger partial charge in [0.25, 0.3) is 10.0 Å². The number of nitrogens with one attached hydrogen (secondary N) is 1. The number of aromatic nitrogens is 4. The van der Waals surface area contributed by atoms with Crippen molar-refractivity contribution in [2.24, 2.45) is 7.05 Å². The third kappa shape index (κ3) is 3.62. The maximum absolute atomic E-state index is 13.0. The number of pyridine rings is 1. The van der Waals surface area contributed by atoms with E-state index < -0.39 is 10.0 Å². The van der Waals surface area contributed by atoms with Crippen molar-refractivity contribution in [3.8, 4) is 11.1 Å². The second-order valence-electron chi connectivity index (χ2n) is 8.06. The van der Waals surface area contributed by atoms with Crippen LogP contribution in [0.4, 0.5) is 11.4 Å². The van der Waals surface area contributed by atoms with Gasteiger partial charge in [0.05, 0.1) is 11.1 Å². The van der Waals surface area contributed by atoms with Gasteiger partial charge in [-0.1, -0.05) is 12.1 Å². The van der Waals surface area contributed by atoms with Crippen molar-refractivity contribution in [1.82, 2.24) is 19.3 Å². The maximum atomic E-state index is 13.0. The number of sulfonamides is 1. The number of fused-ring (bicyclic) bond motifs is 1. The number of hydrogen-bond donors (Lipinski definition) is 1. The smallest absolute Gasteiger partial charge is 0.281 e. The highest BCUT2D eigenvalue weighted by atomic mass is 32.2. The molecule has 3 aromatic heterocycles. The number of nitrogens with zero attached hydrogens (tertiary/aromatic N) is 5. The van der Waals surface area contributed by atoms with Crippen LogP contribution in [0.15, 0.2) is 60.0 Å². The first-order valence-electron chi connectivity index (χ1n) is 10.8. The third-order valence-electron chi connectivity index (χ3n) is 5.94. The predicted octanol–water partition coefficient (Wildman–Crippen LogP) is 3.86. The Morgan fingerprint density at radius 1 is 1.12 bits per heavy atom. The molecular formula is C23H26N6O2S. The van der Waals surface area contributed by atoms with Gasteiger partial charge in [0.15, 0.2) is 5.03 Å². The minimum Gasteiger partial charge on any atom is -0.372 e. The predicted molar refractivity (Wildman–Crippen MR) is 126 cm³/mol. The van der Waals surface area contributed by atoms with Crippen LogP contribution >= 0.6 is 0 Å². The average molecular weight is 451 g/mol. The lowest BCUT2D eigenvalue weighted by Crippen LogP contribution is -2.17. The van der Waals surface area contributed by atoms with Crippen LogP contribution in [0, 0.1) is 0 Å². The Morgan fingerprint density at radius 3 is 2.66 bits per heavy atom. The summed E-state index contributed by atoms with van der Waals surface area (Å²) in [5.74, 6) is 0. The van der Waals surface area contributed by atoms with Gasteiger partial charge in [-0.05, 0) is 49.6 Å². The van der Waals surface area contributed by atoms with Crippen LogP contribution in [0.1, 0.15) is 19.8 Å². The zero-order chi connectivity index (χ0) is 22.3. The van der Waals surface area contributed by atoms with E-state index in [-0.39, 0.29) is 5.03 Å². The van der Waals surface area contributed by atoms with E-state index in [1.807, 2.05) is 4.57 Å². The molecular weight excluding hydrogens is 424 g/mol. The number of anilines is 2. The molecule has 5 rings (SSSR count). The Bertz CT molecular complexity index is 1380. The van der Waals surface area contributed by atoms with Crippen LogP contribution in [-0.2, 0) is 23.6 Å². The lowest BCUT2D eigenvalue weighted by atomic mass is 10.0. The zero-order valence-corrected chi connectivity index (χ0v) is 19.0. The van der Waals surface area contributed by atoms with Gasteiger partial charge in [-0.3, -0.25) is 9.40 Å². The third-order valence-corrected chi connectivity index (χ3v) is 7.19. The van der Waals surface area contributed by atoms with Crippen molar-refractivity contribution in [3.63, 3.8) is 0 Å². The van der Waals surface area contributed by atoms with E-state index in [0.717, 1.165) is 41.8 Å². The minimum absolute atomic E-state index is 0.0162. The molecule has 1 aliphatic rings. The highest BCUT2D eigenvalue weighted by Crippen LogP contribution is 2.37. The van der Waals surface area contributed by atoms with E-state index in [9.17, 15) is 8.42 Å². The molecule has 1 saturated heterocycles. The largest absolute Gasteiger partial charge is 0.372 e. The first kappa shape index (κ1) is 20.6. The fraction of sp³-hybridized carbons (Fsp3) is 0.304. The van der Waals surface area contributed by atoms with Crippen molar-refractivity contribution in [1.29, 1.82) is 0 Å². The molecule has 8 nitrogen and oxygen atoms in total. The molecule has 9 heteroatoms. The molecule has 0 unspecified atom stereocenters. The van der Waals surface area contributed by atoms with Gasteiger partial charge in [-0.2, -0.15) is 13.5 Å². The summed E-state index contributed by atoms with van der Waals surface area (Å²) in [4.78, 5) is 6.96. The van der Waals surface area contributed by atoms with Crippen LogP contribution in [-0.4, -0.2) is 40.8 Å². The summed E-state index contributed by atoms with van der Waals surface area (Å²) in [6.45, 7) is 4.91. The Morgan fingerprint density at radius 2 is 1.94 bits per heavy atom. The molecule has 32 heavy (non-hydrogen) atoms. The molecule has 0 spiro atoms. The summed E-state index contributed by atoms with van der Waals surface area (Å²) in [7, 11) is -2.14. The van der Waals surface area contributed by atoms with Crippen LogP contribution in [0.25, 0.3) is 22.2 Å². The summed E-state index contributed by atoms with van der Waals surface area (Å²) in [5.41, 5.74) is 4.43. The number of hydrogen-bond acceptors (Lipinski definition) is 5. The molecule has 4 heterocycles. The second kappa shape index (κ2) is 7.98. The standard InChI is InChI=1S/C23H26N6O2S/c1-3-28-16-19(17-7-6-8-18(15-17)29-12-4-5-13-29)22-20(9-11-24-23(22)28)26-32(30,31)21-10-14-27(2)25-21/h6-11,14-16H,3-5,12-13H2,1-2H3,(H,24,26). The molecule has 0 amide bonds. The molecule has 1 aromatic carbocycles. The summed E-state index contributed by atoms with van der Waals surface area (Å²) in [6, 6.07) is 11.6. The molecule has 0 bridgehead atoms. The zero-order valence-electron chi connectivity index (χ0n) is 18.2. The highest BCUT2D eigenvalue weighted by molar-refractivity contribution is 7.92. The van der Waals surface area contributed by atoms with Crippen molar-refractivity contribution in [3.05, 3.63) is 55.0 Å². The van der Waals surface area contributed by atoms with E-state index in [2.05, 4.69) is 57.1 Å². The van der Waals surface area contributed by atoms with Gasteiger partial charge in [-0.15, -0.1) is 0 Å². The van der Waals surface area contributed by atoms with Gasteiger partial charge < -0.3 is 9.47 Å². The average Bonchev–Trinajstić information content (AvgIpc) is 3.54. The molecule has 1 aliphatic heterocycles. The van der Waals surface area contributed by atoms with E-state index >= 15 is 0 Å². The SMILES string of the molecule is CCn1cc(-c2cccc(N3CCCC3)c2)c2c(NS(=O)(=O)c3ccn(C)n3)ccnc21. The fourth-order valence-corrected chi connectivity index (χ4v) is 5.38. The normalized spacial score (nSPS) is 14.4. The lowest BCUT2D eigenvalue weighted by molar-refractivity contribution is 0.593. The molecule has 0 saturated carbocycles. The van der Waals surface area contributed by atoms with Gasteiger partial charge in [-0.25, -0.2) is 4.98 Å². The quantitative estimate of drug-likeness (QED) is 0.482. The van der Waals surface area contributed by atoms with E-state index in [1.165, 1.54) is 29.3 Å². The molecule has 0 radical (unpaired) electrons. The molecule has 0 atom stereocenters.